The van der Waals surface area contributed by atoms with Gasteiger partial charge in [-0.1, -0.05) is 45.0 Å². The highest BCUT2D eigenvalue weighted by molar-refractivity contribution is 5.87. The van der Waals surface area contributed by atoms with E-state index < -0.39 is 5.97 Å². The number of carboxylic acid groups (broad SMARTS) is 1. The molecule has 0 saturated heterocycles. The van der Waals surface area contributed by atoms with Gasteiger partial charge in [-0.25, -0.2) is 13.9 Å². The van der Waals surface area contributed by atoms with Gasteiger partial charge in [0.1, 0.15) is 5.82 Å². The van der Waals surface area contributed by atoms with Gasteiger partial charge >= 0.3 is 5.97 Å². The molecule has 0 unspecified atom stereocenters. The van der Waals surface area contributed by atoms with Crippen LogP contribution in [0.15, 0.2) is 54.6 Å². The lowest BCUT2D eigenvalue weighted by molar-refractivity contribution is 0.0690. The van der Waals surface area contributed by atoms with E-state index in [1.165, 1.54) is 28.4 Å². The number of hydrogen-bond acceptors (Lipinski definition) is 2. The van der Waals surface area contributed by atoms with Crippen LogP contribution in [0.25, 0.3) is 16.9 Å². The summed E-state index contributed by atoms with van der Waals surface area (Å²) in [4.78, 5) is 11.3. The zero-order chi connectivity index (χ0) is 18.2. The third-order valence-corrected chi connectivity index (χ3v) is 4.05. The summed E-state index contributed by atoms with van der Waals surface area (Å²) in [7, 11) is 0. The van der Waals surface area contributed by atoms with E-state index in [1.54, 1.807) is 12.1 Å². The summed E-state index contributed by atoms with van der Waals surface area (Å²) in [5.41, 5.74) is 3.24. The summed E-state index contributed by atoms with van der Waals surface area (Å²) in [6.07, 6.45) is 0. The molecule has 1 aromatic heterocycles. The maximum Gasteiger partial charge on any atom is 0.356 e. The lowest BCUT2D eigenvalue weighted by Crippen LogP contribution is -2.10. The molecule has 0 fully saturated rings. The van der Waals surface area contributed by atoms with Gasteiger partial charge in [-0.3, -0.25) is 0 Å². The number of halogens is 1. The number of carbonyl (C=O) groups is 1. The quantitative estimate of drug-likeness (QED) is 0.755. The Morgan fingerprint density at radius 3 is 2.16 bits per heavy atom. The highest BCUT2D eigenvalue weighted by Crippen LogP contribution is 2.28. The fourth-order valence-electron chi connectivity index (χ4n) is 2.61. The van der Waals surface area contributed by atoms with Gasteiger partial charge in [0, 0.05) is 5.56 Å². The number of nitrogens with zero attached hydrogens (tertiary/aromatic N) is 2. The molecule has 0 aliphatic rings. The molecular weight excluding hydrogens is 319 g/mol. The van der Waals surface area contributed by atoms with E-state index in [0.29, 0.717) is 11.4 Å². The minimum Gasteiger partial charge on any atom is -0.476 e. The fraction of sp³-hybridized carbons (Fsp3) is 0.200. The molecular formula is C20H19FN2O2. The van der Waals surface area contributed by atoms with Crippen molar-refractivity contribution in [2.45, 2.75) is 26.2 Å². The molecule has 3 rings (SSSR count). The number of aromatic nitrogens is 2. The topological polar surface area (TPSA) is 55.1 Å². The number of rotatable bonds is 3. The molecule has 3 aromatic rings. The summed E-state index contributed by atoms with van der Waals surface area (Å²) in [5, 5.41) is 13.4. The number of hydrogen-bond donors (Lipinski definition) is 1. The molecule has 0 aliphatic carbocycles. The molecule has 0 atom stereocenters. The maximum atomic E-state index is 13.2. The normalized spacial score (nSPS) is 11.5. The predicted molar refractivity (Wildman–Crippen MR) is 94.6 cm³/mol. The summed E-state index contributed by atoms with van der Waals surface area (Å²) in [6, 6.07) is 15.3. The van der Waals surface area contributed by atoms with Crippen molar-refractivity contribution in [2.75, 3.05) is 0 Å². The van der Waals surface area contributed by atoms with Crippen molar-refractivity contribution in [3.8, 4) is 16.9 Å². The minimum absolute atomic E-state index is 0.0297. The Morgan fingerprint density at radius 1 is 1.04 bits per heavy atom. The molecule has 0 spiro atoms. The van der Waals surface area contributed by atoms with Crippen LogP contribution < -0.4 is 0 Å². The van der Waals surface area contributed by atoms with E-state index >= 15 is 0 Å². The lowest BCUT2D eigenvalue weighted by Gasteiger charge is -2.19. The lowest BCUT2D eigenvalue weighted by atomic mass is 9.86. The van der Waals surface area contributed by atoms with Crippen molar-refractivity contribution >= 4 is 5.97 Å². The standard InChI is InChI=1S/C20H19FN2O2/c1-20(2,3)14-6-4-13(5-7-14)18-12-17(19(24)25)22-23(18)16-10-8-15(21)9-11-16/h4-12H,1-3H3,(H,24,25). The Bertz CT molecular complexity index is 904. The Labute approximate surface area is 145 Å². The predicted octanol–water partition coefficient (Wildman–Crippen LogP) is 4.67. The Balaban J connectivity index is 2.11. The Kier molecular flexibility index (Phi) is 4.17. The number of benzene rings is 2. The molecule has 1 heterocycles. The van der Waals surface area contributed by atoms with E-state index in [-0.39, 0.29) is 16.9 Å². The van der Waals surface area contributed by atoms with Crippen LogP contribution in [0, 0.1) is 5.82 Å². The van der Waals surface area contributed by atoms with E-state index in [9.17, 15) is 14.3 Å². The van der Waals surface area contributed by atoms with Gasteiger partial charge in [-0.05, 0) is 41.3 Å². The summed E-state index contributed by atoms with van der Waals surface area (Å²) in [5.74, 6) is -1.46. The molecule has 0 radical (unpaired) electrons. The minimum atomic E-state index is -1.10. The molecule has 25 heavy (non-hydrogen) atoms. The van der Waals surface area contributed by atoms with Crippen LogP contribution in [0.2, 0.25) is 0 Å². The van der Waals surface area contributed by atoms with Crippen LogP contribution in [-0.4, -0.2) is 20.9 Å². The first-order valence-corrected chi connectivity index (χ1v) is 7.96. The first-order chi connectivity index (χ1) is 11.8. The molecule has 1 N–H and O–H groups in total. The molecule has 0 amide bonds. The monoisotopic (exact) mass is 338 g/mol. The summed E-state index contributed by atoms with van der Waals surface area (Å²) < 4.78 is 14.7. The molecule has 5 heteroatoms. The average molecular weight is 338 g/mol. The third-order valence-electron chi connectivity index (χ3n) is 4.05. The van der Waals surface area contributed by atoms with Crippen LogP contribution in [0.1, 0.15) is 36.8 Å². The summed E-state index contributed by atoms with van der Waals surface area (Å²) in [6.45, 7) is 6.40. The van der Waals surface area contributed by atoms with Gasteiger partial charge in [0.15, 0.2) is 5.69 Å². The zero-order valence-electron chi connectivity index (χ0n) is 14.3. The van der Waals surface area contributed by atoms with Crippen molar-refractivity contribution in [1.29, 1.82) is 0 Å². The molecule has 0 bridgehead atoms. The SMILES string of the molecule is CC(C)(C)c1ccc(-c2cc(C(=O)O)nn2-c2ccc(F)cc2)cc1. The second-order valence-corrected chi connectivity index (χ2v) is 6.94. The largest absolute Gasteiger partial charge is 0.476 e. The van der Waals surface area contributed by atoms with Crippen LogP contribution in [-0.2, 0) is 5.41 Å². The Hall–Kier alpha value is -2.95. The highest BCUT2D eigenvalue weighted by Gasteiger charge is 2.18. The number of carboxylic acids is 1. The van der Waals surface area contributed by atoms with Gasteiger partial charge in [0.2, 0.25) is 0 Å². The smallest absolute Gasteiger partial charge is 0.356 e. The second kappa shape index (κ2) is 6.16. The van der Waals surface area contributed by atoms with Crippen molar-refractivity contribution in [3.05, 3.63) is 71.7 Å². The van der Waals surface area contributed by atoms with E-state index in [1.807, 2.05) is 24.3 Å². The van der Waals surface area contributed by atoms with Crippen molar-refractivity contribution < 1.29 is 14.3 Å². The van der Waals surface area contributed by atoms with Crippen molar-refractivity contribution in [2.24, 2.45) is 0 Å². The van der Waals surface area contributed by atoms with Crippen LogP contribution in [0.5, 0.6) is 0 Å². The average Bonchev–Trinajstić information content (AvgIpc) is 3.00. The van der Waals surface area contributed by atoms with E-state index in [0.717, 1.165) is 5.56 Å². The second-order valence-electron chi connectivity index (χ2n) is 6.94. The van der Waals surface area contributed by atoms with Gasteiger partial charge in [-0.15, -0.1) is 0 Å². The molecule has 4 nitrogen and oxygen atoms in total. The highest BCUT2D eigenvalue weighted by atomic mass is 19.1. The third kappa shape index (κ3) is 3.45. The molecule has 2 aromatic carbocycles. The number of aromatic carboxylic acids is 1. The zero-order valence-corrected chi connectivity index (χ0v) is 14.3. The Morgan fingerprint density at radius 2 is 1.64 bits per heavy atom. The van der Waals surface area contributed by atoms with E-state index in [4.69, 9.17) is 0 Å². The van der Waals surface area contributed by atoms with Gasteiger partial charge in [0.25, 0.3) is 0 Å². The fourth-order valence-corrected chi connectivity index (χ4v) is 2.61. The molecule has 0 saturated carbocycles. The molecule has 128 valence electrons. The van der Waals surface area contributed by atoms with Crippen LogP contribution >= 0.6 is 0 Å². The van der Waals surface area contributed by atoms with Crippen molar-refractivity contribution in [3.63, 3.8) is 0 Å². The first kappa shape index (κ1) is 16.9. The van der Waals surface area contributed by atoms with Gasteiger partial charge < -0.3 is 5.11 Å². The van der Waals surface area contributed by atoms with Crippen LogP contribution in [0.3, 0.4) is 0 Å². The summed E-state index contributed by atoms with van der Waals surface area (Å²) >= 11 is 0. The van der Waals surface area contributed by atoms with Gasteiger partial charge in [0.05, 0.1) is 11.4 Å². The molecule has 0 aliphatic heterocycles. The van der Waals surface area contributed by atoms with Crippen molar-refractivity contribution in [1.82, 2.24) is 9.78 Å². The van der Waals surface area contributed by atoms with Gasteiger partial charge in [-0.2, -0.15) is 5.10 Å². The first-order valence-electron chi connectivity index (χ1n) is 7.96. The van der Waals surface area contributed by atoms with Crippen LogP contribution in [0.4, 0.5) is 4.39 Å². The maximum absolute atomic E-state index is 13.2. The van der Waals surface area contributed by atoms with E-state index in [2.05, 4.69) is 25.9 Å².